The number of carbonyl (C=O) groups excluding carboxylic acids is 1. The van der Waals surface area contributed by atoms with Gasteiger partial charge in [0.2, 0.25) is 0 Å². The Hall–Kier alpha value is -3.43. The highest BCUT2D eigenvalue weighted by atomic mass is 16.1. The van der Waals surface area contributed by atoms with Crippen molar-refractivity contribution in [1.29, 1.82) is 10.5 Å². The highest BCUT2D eigenvalue weighted by molar-refractivity contribution is 6.15. The zero-order valence-electron chi connectivity index (χ0n) is 13.0. The van der Waals surface area contributed by atoms with Gasteiger partial charge in [-0.3, -0.25) is 4.79 Å². The van der Waals surface area contributed by atoms with Gasteiger partial charge in [-0.15, -0.1) is 0 Å². The minimum absolute atomic E-state index is 0.0414. The number of Topliss-reactive ketones (excluding diaryl/α,β-unsaturated/α-hetero) is 1. The summed E-state index contributed by atoms with van der Waals surface area (Å²) < 4.78 is 0. The molecule has 114 valence electrons. The molecule has 0 bridgehead atoms. The first-order valence-electron chi connectivity index (χ1n) is 7.66. The van der Waals surface area contributed by atoms with Crippen molar-refractivity contribution in [3.63, 3.8) is 0 Å². The first-order valence-corrected chi connectivity index (χ1v) is 7.66. The molecule has 1 aliphatic rings. The van der Waals surface area contributed by atoms with Crippen LogP contribution in [0.4, 0.5) is 0 Å². The van der Waals surface area contributed by atoms with Crippen molar-refractivity contribution >= 4 is 17.9 Å². The molecular weight excluding hydrogens is 296 g/mol. The second kappa shape index (κ2) is 6.77. The second-order valence-corrected chi connectivity index (χ2v) is 5.64. The van der Waals surface area contributed by atoms with Crippen LogP contribution in [0.1, 0.15) is 35.1 Å². The topological polar surface area (TPSA) is 64.7 Å². The maximum atomic E-state index is 12.6. The standard InChI is InChI=1S/C21H14N2O/c22-13-17-5-1-3-15(9-17)11-19-7-8-20(21(19)24)12-16-4-2-6-18(10-16)14-23/h1-6,9-12H,7-8H2/b19-11-,20-12+. The number of nitriles is 2. The van der Waals surface area contributed by atoms with E-state index in [1.54, 1.807) is 24.3 Å². The smallest absolute Gasteiger partial charge is 0.185 e. The van der Waals surface area contributed by atoms with Crippen molar-refractivity contribution in [2.24, 2.45) is 0 Å². The van der Waals surface area contributed by atoms with Crippen LogP contribution in [0.15, 0.2) is 59.7 Å². The zero-order chi connectivity index (χ0) is 16.9. The summed E-state index contributed by atoms with van der Waals surface area (Å²) in [6, 6.07) is 18.6. The third-order valence-corrected chi connectivity index (χ3v) is 3.96. The fraction of sp³-hybridized carbons (Fsp3) is 0.0952. The Bertz CT molecular complexity index is 875. The molecule has 0 heterocycles. The van der Waals surface area contributed by atoms with Crippen molar-refractivity contribution in [3.8, 4) is 12.1 Å². The van der Waals surface area contributed by atoms with Gasteiger partial charge in [-0.25, -0.2) is 0 Å². The van der Waals surface area contributed by atoms with Crippen LogP contribution in [0.3, 0.4) is 0 Å². The van der Waals surface area contributed by atoms with Crippen LogP contribution in [-0.4, -0.2) is 5.78 Å². The zero-order valence-corrected chi connectivity index (χ0v) is 13.0. The van der Waals surface area contributed by atoms with Crippen molar-refractivity contribution in [1.82, 2.24) is 0 Å². The quantitative estimate of drug-likeness (QED) is 0.778. The lowest BCUT2D eigenvalue weighted by atomic mass is 10.0. The highest BCUT2D eigenvalue weighted by Gasteiger charge is 2.22. The largest absolute Gasteiger partial charge is 0.289 e. The number of benzene rings is 2. The van der Waals surface area contributed by atoms with Gasteiger partial charge in [-0.1, -0.05) is 24.3 Å². The number of nitrogens with zero attached hydrogens (tertiary/aromatic N) is 2. The molecule has 24 heavy (non-hydrogen) atoms. The van der Waals surface area contributed by atoms with E-state index in [9.17, 15) is 4.79 Å². The lowest BCUT2D eigenvalue weighted by Gasteiger charge is -1.99. The fourth-order valence-electron chi connectivity index (χ4n) is 2.78. The first kappa shape index (κ1) is 15.5. The molecule has 0 aliphatic heterocycles. The van der Waals surface area contributed by atoms with Gasteiger partial charge in [0.15, 0.2) is 5.78 Å². The molecule has 3 heteroatoms. The van der Waals surface area contributed by atoms with E-state index < -0.39 is 0 Å². The van der Waals surface area contributed by atoms with Gasteiger partial charge in [-0.2, -0.15) is 10.5 Å². The minimum Gasteiger partial charge on any atom is -0.289 e. The predicted octanol–water partition coefficient (Wildman–Crippen LogP) is 4.26. The summed E-state index contributed by atoms with van der Waals surface area (Å²) >= 11 is 0. The summed E-state index contributed by atoms with van der Waals surface area (Å²) in [5.74, 6) is 0.0414. The summed E-state index contributed by atoms with van der Waals surface area (Å²) in [6.45, 7) is 0. The molecule has 1 saturated carbocycles. The molecule has 0 spiro atoms. The van der Waals surface area contributed by atoms with Gasteiger partial charge >= 0.3 is 0 Å². The molecule has 0 aromatic heterocycles. The Labute approximate surface area is 140 Å². The number of allylic oxidation sites excluding steroid dienone is 2. The third kappa shape index (κ3) is 3.32. The maximum absolute atomic E-state index is 12.6. The lowest BCUT2D eigenvalue weighted by Crippen LogP contribution is -1.95. The second-order valence-electron chi connectivity index (χ2n) is 5.64. The summed E-state index contributed by atoms with van der Waals surface area (Å²) in [7, 11) is 0. The van der Waals surface area contributed by atoms with Crippen LogP contribution in [0.2, 0.25) is 0 Å². The average molecular weight is 310 g/mol. The van der Waals surface area contributed by atoms with Crippen molar-refractivity contribution < 1.29 is 4.79 Å². The summed E-state index contributed by atoms with van der Waals surface area (Å²) in [6.07, 6.45) is 5.10. The predicted molar refractivity (Wildman–Crippen MR) is 92.5 cm³/mol. The molecule has 0 unspecified atom stereocenters. The van der Waals surface area contributed by atoms with Crippen LogP contribution >= 0.6 is 0 Å². The fourth-order valence-corrected chi connectivity index (χ4v) is 2.78. The molecule has 0 amide bonds. The van der Waals surface area contributed by atoms with E-state index in [4.69, 9.17) is 10.5 Å². The molecule has 0 atom stereocenters. The minimum atomic E-state index is 0.0414. The van der Waals surface area contributed by atoms with Gasteiger partial charge in [0.25, 0.3) is 0 Å². The molecule has 0 saturated heterocycles. The maximum Gasteiger partial charge on any atom is 0.185 e. The van der Waals surface area contributed by atoms with Gasteiger partial charge < -0.3 is 0 Å². The normalized spacial score (nSPS) is 17.0. The first-order chi connectivity index (χ1) is 11.7. The molecule has 0 N–H and O–H groups in total. The molecule has 2 aromatic carbocycles. The van der Waals surface area contributed by atoms with E-state index in [0.29, 0.717) is 24.0 Å². The number of rotatable bonds is 2. The van der Waals surface area contributed by atoms with Gasteiger partial charge in [-0.05, 0) is 60.4 Å². The van der Waals surface area contributed by atoms with E-state index in [1.807, 2.05) is 36.4 Å². The molecular formula is C21H14N2O. The van der Waals surface area contributed by atoms with E-state index in [1.165, 1.54) is 0 Å². The Kier molecular flexibility index (Phi) is 4.36. The van der Waals surface area contributed by atoms with Crippen LogP contribution < -0.4 is 0 Å². The Morgan fingerprint density at radius 2 is 1.25 bits per heavy atom. The van der Waals surface area contributed by atoms with E-state index >= 15 is 0 Å². The average Bonchev–Trinajstić information content (AvgIpc) is 2.95. The Balaban J connectivity index is 1.87. The number of ketones is 1. The van der Waals surface area contributed by atoms with E-state index in [-0.39, 0.29) is 5.78 Å². The molecule has 3 nitrogen and oxygen atoms in total. The van der Waals surface area contributed by atoms with Gasteiger partial charge in [0.05, 0.1) is 23.3 Å². The lowest BCUT2D eigenvalue weighted by molar-refractivity contribution is -0.111. The van der Waals surface area contributed by atoms with Crippen LogP contribution in [0.5, 0.6) is 0 Å². The third-order valence-electron chi connectivity index (χ3n) is 3.96. The molecule has 3 rings (SSSR count). The summed E-state index contributed by atoms with van der Waals surface area (Å²) in [5, 5.41) is 17.9. The Morgan fingerprint density at radius 1 is 0.792 bits per heavy atom. The van der Waals surface area contributed by atoms with Crippen molar-refractivity contribution in [2.75, 3.05) is 0 Å². The van der Waals surface area contributed by atoms with Crippen molar-refractivity contribution in [2.45, 2.75) is 12.8 Å². The number of hydrogen-bond acceptors (Lipinski definition) is 3. The van der Waals surface area contributed by atoms with Crippen LogP contribution in [0, 0.1) is 22.7 Å². The number of hydrogen-bond donors (Lipinski definition) is 0. The summed E-state index contributed by atoms with van der Waals surface area (Å²) in [5.41, 5.74) is 4.41. The van der Waals surface area contributed by atoms with E-state index in [2.05, 4.69) is 12.1 Å². The van der Waals surface area contributed by atoms with Crippen LogP contribution in [0.25, 0.3) is 12.2 Å². The molecule has 1 aliphatic carbocycles. The van der Waals surface area contributed by atoms with Crippen LogP contribution in [-0.2, 0) is 4.79 Å². The molecule has 1 fully saturated rings. The van der Waals surface area contributed by atoms with Gasteiger partial charge in [0, 0.05) is 11.1 Å². The summed E-state index contributed by atoms with van der Waals surface area (Å²) in [4.78, 5) is 12.6. The molecule has 0 radical (unpaired) electrons. The highest BCUT2D eigenvalue weighted by Crippen LogP contribution is 2.29. The monoisotopic (exact) mass is 310 g/mol. The molecule has 2 aromatic rings. The van der Waals surface area contributed by atoms with Gasteiger partial charge in [0.1, 0.15) is 0 Å². The Morgan fingerprint density at radius 3 is 1.67 bits per heavy atom. The SMILES string of the molecule is N#Cc1cccc(/C=C2/CC/C(=C\c3cccc(C#N)c3)C2=O)c1. The van der Waals surface area contributed by atoms with Crippen molar-refractivity contribution in [3.05, 3.63) is 81.9 Å². The van der Waals surface area contributed by atoms with E-state index in [0.717, 1.165) is 22.3 Å². The number of carbonyl (C=O) groups is 1.